The molecule has 3 aromatic carbocycles. The zero-order valence-corrected chi connectivity index (χ0v) is 13.2. The van der Waals surface area contributed by atoms with Crippen molar-refractivity contribution in [2.75, 3.05) is 0 Å². The van der Waals surface area contributed by atoms with Crippen LogP contribution in [-0.2, 0) is 12.8 Å². The summed E-state index contributed by atoms with van der Waals surface area (Å²) in [6, 6.07) is 17.4. The summed E-state index contributed by atoms with van der Waals surface area (Å²) in [5.41, 5.74) is 6.14. The Morgan fingerprint density at radius 2 is 1.70 bits per heavy atom. The molecule has 0 amide bonds. The van der Waals surface area contributed by atoms with Crippen LogP contribution in [0.15, 0.2) is 48.5 Å². The molecule has 0 N–H and O–H groups in total. The average molecular weight is 296 g/mol. The lowest BCUT2D eigenvalue weighted by molar-refractivity contribution is 0.148. The predicted octanol–water partition coefficient (Wildman–Crippen LogP) is 4.62. The number of hydrogen-bond donors (Lipinski definition) is 0. The minimum absolute atomic E-state index is 0.571. The monoisotopic (exact) mass is 296 g/mol. The number of aryl methyl sites for hydroxylation is 1. The Kier molecular flexibility index (Phi) is 2.54. The SMILES string of the molecule is [B][C@]1(C)CCc2c(c3c(c4ccccc24)-c2ccccc2C3)O1. The normalized spacial score (nSPS) is 21.4. The number of hydrogen-bond acceptors (Lipinski definition) is 1. The third-order valence-electron chi connectivity index (χ3n) is 5.23. The standard InChI is InChI=1S/C21H17BO/c1-21(22)11-10-17-15-8-4-5-9-16(15)19-14-7-3-2-6-13(14)12-18(19)20(17)23-21/h2-9H,10-12H2,1H3/t21-/m0/s1. The van der Waals surface area contributed by atoms with Crippen molar-refractivity contribution in [3.05, 3.63) is 65.2 Å². The van der Waals surface area contributed by atoms with Gasteiger partial charge in [-0.05, 0) is 47.2 Å². The molecule has 0 spiro atoms. The summed E-state index contributed by atoms with van der Waals surface area (Å²) in [5, 5.41) is 2.66. The molecule has 2 heteroatoms. The van der Waals surface area contributed by atoms with Crippen LogP contribution in [0, 0.1) is 0 Å². The van der Waals surface area contributed by atoms with Gasteiger partial charge in [-0.2, -0.15) is 0 Å². The molecule has 0 unspecified atom stereocenters. The van der Waals surface area contributed by atoms with Gasteiger partial charge in [-0.25, -0.2) is 0 Å². The largest absolute Gasteiger partial charge is 0.497 e. The molecule has 0 bridgehead atoms. The van der Waals surface area contributed by atoms with Gasteiger partial charge in [0.2, 0.25) is 0 Å². The van der Waals surface area contributed by atoms with E-state index in [2.05, 4.69) is 48.5 Å². The maximum absolute atomic E-state index is 6.31. The van der Waals surface area contributed by atoms with Gasteiger partial charge in [0, 0.05) is 17.5 Å². The van der Waals surface area contributed by atoms with Crippen LogP contribution in [0.25, 0.3) is 21.9 Å². The fourth-order valence-electron chi connectivity index (χ4n) is 4.16. The Labute approximate surface area is 137 Å². The van der Waals surface area contributed by atoms with E-state index < -0.39 is 5.50 Å². The van der Waals surface area contributed by atoms with Crippen molar-refractivity contribution >= 4 is 18.6 Å². The minimum atomic E-state index is -0.571. The van der Waals surface area contributed by atoms with Gasteiger partial charge in [0.05, 0.1) is 5.50 Å². The van der Waals surface area contributed by atoms with Crippen molar-refractivity contribution in [2.24, 2.45) is 0 Å². The highest BCUT2D eigenvalue weighted by molar-refractivity contribution is 6.15. The maximum Gasteiger partial charge on any atom is 0.131 e. The van der Waals surface area contributed by atoms with Crippen LogP contribution in [0.5, 0.6) is 5.75 Å². The lowest BCUT2D eigenvalue weighted by atomic mass is 9.75. The predicted molar refractivity (Wildman–Crippen MR) is 95.3 cm³/mol. The molecular weight excluding hydrogens is 279 g/mol. The number of rotatable bonds is 0. The summed E-state index contributed by atoms with van der Waals surface area (Å²) in [5.74, 6) is 1.03. The second kappa shape index (κ2) is 4.41. The number of benzene rings is 3. The van der Waals surface area contributed by atoms with Crippen molar-refractivity contribution in [1.82, 2.24) is 0 Å². The maximum atomic E-state index is 6.31. The lowest BCUT2D eigenvalue weighted by Crippen LogP contribution is -2.37. The number of ether oxygens (including phenoxy) is 1. The summed E-state index contributed by atoms with van der Waals surface area (Å²) >= 11 is 0. The van der Waals surface area contributed by atoms with Crippen molar-refractivity contribution in [2.45, 2.75) is 31.7 Å². The van der Waals surface area contributed by atoms with Gasteiger partial charge in [-0.15, -0.1) is 0 Å². The molecule has 23 heavy (non-hydrogen) atoms. The molecule has 110 valence electrons. The average Bonchev–Trinajstić information content (AvgIpc) is 2.94. The van der Waals surface area contributed by atoms with E-state index in [0.29, 0.717) is 0 Å². The second-order valence-electron chi connectivity index (χ2n) is 6.96. The summed E-state index contributed by atoms with van der Waals surface area (Å²) < 4.78 is 6.28. The molecule has 1 heterocycles. The third kappa shape index (κ3) is 1.81. The lowest BCUT2D eigenvalue weighted by Gasteiger charge is -2.35. The molecule has 1 aliphatic heterocycles. The Hall–Kier alpha value is -2.22. The molecule has 0 saturated carbocycles. The highest BCUT2D eigenvalue weighted by atomic mass is 16.5. The van der Waals surface area contributed by atoms with Crippen molar-refractivity contribution < 1.29 is 4.74 Å². The van der Waals surface area contributed by atoms with Crippen LogP contribution in [0.3, 0.4) is 0 Å². The van der Waals surface area contributed by atoms with E-state index in [1.807, 2.05) is 6.92 Å². The first-order chi connectivity index (χ1) is 11.1. The molecule has 1 atom stereocenters. The number of fused-ring (bicyclic) bond motifs is 8. The molecule has 1 aliphatic carbocycles. The summed E-state index contributed by atoms with van der Waals surface area (Å²) in [4.78, 5) is 0. The first-order valence-electron chi connectivity index (χ1n) is 8.27. The molecule has 0 saturated heterocycles. The molecule has 3 aromatic rings. The van der Waals surface area contributed by atoms with Crippen molar-refractivity contribution in [3.63, 3.8) is 0 Å². The Morgan fingerprint density at radius 3 is 2.57 bits per heavy atom. The van der Waals surface area contributed by atoms with Gasteiger partial charge in [-0.1, -0.05) is 48.5 Å². The fraction of sp³-hybridized carbons (Fsp3) is 0.238. The zero-order valence-electron chi connectivity index (χ0n) is 13.2. The summed E-state index contributed by atoms with van der Waals surface area (Å²) in [7, 11) is 6.31. The molecule has 0 aromatic heterocycles. The Balaban J connectivity index is 1.91. The van der Waals surface area contributed by atoms with Crippen molar-refractivity contribution in [3.8, 4) is 16.9 Å². The van der Waals surface area contributed by atoms with E-state index in [0.717, 1.165) is 25.0 Å². The van der Waals surface area contributed by atoms with E-state index in [-0.39, 0.29) is 0 Å². The topological polar surface area (TPSA) is 9.23 Å². The van der Waals surface area contributed by atoms with E-state index >= 15 is 0 Å². The van der Waals surface area contributed by atoms with Crippen LogP contribution in [-0.4, -0.2) is 13.3 Å². The smallest absolute Gasteiger partial charge is 0.131 e. The molecule has 2 aliphatic rings. The quantitative estimate of drug-likeness (QED) is 0.430. The minimum Gasteiger partial charge on any atom is -0.497 e. The third-order valence-corrected chi connectivity index (χ3v) is 5.23. The van der Waals surface area contributed by atoms with Gasteiger partial charge < -0.3 is 4.74 Å². The highest BCUT2D eigenvalue weighted by Crippen LogP contribution is 2.50. The molecule has 0 fully saturated rings. The fourth-order valence-corrected chi connectivity index (χ4v) is 4.16. The van der Waals surface area contributed by atoms with Crippen LogP contribution in [0.4, 0.5) is 0 Å². The zero-order chi connectivity index (χ0) is 15.6. The highest BCUT2D eigenvalue weighted by Gasteiger charge is 2.33. The summed E-state index contributed by atoms with van der Waals surface area (Å²) in [6.45, 7) is 1.99. The van der Waals surface area contributed by atoms with Gasteiger partial charge in [0.1, 0.15) is 13.6 Å². The molecule has 2 radical (unpaired) electrons. The first kappa shape index (κ1) is 13.2. The van der Waals surface area contributed by atoms with E-state index in [1.54, 1.807) is 0 Å². The Morgan fingerprint density at radius 1 is 0.957 bits per heavy atom. The van der Waals surface area contributed by atoms with E-state index in [1.165, 1.54) is 38.6 Å². The van der Waals surface area contributed by atoms with E-state index in [4.69, 9.17) is 12.6 Å². The first-order valence-corrected chi connectivity index (χ1v) is 8.27. The van der Waals surface area contributed by atoms with Gasteiger partial charge in [0.15, 0.2) is 0 Å². The van der Waals surface area contributed by atoms with Gasteiger partial charge in [-0.3, -0.25) is 0 Å². The van der Waals surface area contributed by atoms with Crippen LogP contribution < -0.4 is 4.74 Å². The van der Waals surface area contributed by atoms with Crippen LogP contribution in [0.1, 0.15) is 30.0 Å². The van der Waals surface area contributed by atoms with Crippen LogP contribution in [0.2, 0.25) is 0 Å². The Bertz CT molecular complexity index is 955. The van der Waals surface area contributed by atoms with E-state index in [9.17, 15) is 0 Å². The van der Waals surface area contributed by atoms with Gasteiger partial charge in [0.25, 0.3) is 0 Å². The molecular formula is C21H17BO. The van der Waals surface area contributed by atoms with Crippen molar-refractivity contribution in [1.29, 1.82) is 0 Å². The summed E-state index contributed by atoms with van der Waals surface area (Å²) in [6.07, 6.45) is 2.77. The van der Waals surface area contributed by atoms with Gasteiger partial charge >= 0.3 is 0 Å². The second-order valence-corrected chi connectivity index (χ2v) is 6.96. The van der Waals surface area contributed by atoms with Crippen LogP contribution >= 0.6 is 0 Å². The molecule has 1 nitrogen and oxygen atoms in total. The molecule has 5 rings (SSSR count).